The number of hydrogen-bond donors (Lipinski definition) is 2. The third-order valence-electron chi connectivity index (χ3n) is 7.08. The third kappa shape index (κ3) is 4.15. The van der Waals surface area contributed by atoms with Gasteiger partial charge in [0.2, 0.25) is 0 Å². The van der Waals surface area contributed by atoms with Crippen LogP contribution in [-0.2, 0) is 6.54 Å². The second-order valence-electron chi connectivity index (χ2n) is 9.61. The molecule has 0 spiro atoms. The fourth-order valence-corrected chi connectivity index (χ4v) is 5.22. The number of benzene rings is 1. The highest BCUT2D eigenvalue weighted by Gasteiger charge is 2.17. The van der Waals surface area contributed by atoms with Gasteiger partial charge in [0.15, 0.2) is 11.5 Å². The number of nitrogens with one attached hydrogen (secondary N) is 2. The predicted molar refractivity (Wildman–Crippen MR) is 145 cm³/mol. The minimum absolute atomic E-state index is 0.695. The Morgan fingerprint density at radius 1 is 0.865 bits per heavy atom. The molecular weight excluding hydrogens is 460 g/mol. The Hall–Kier alpha value is -4.43. The molecule has 8 heteroatoms. The van der Waals surface area contributed by atoms with Crippen molar-refractivity contribution in [3.63, 3.8) is 0 Å². The van der Waals surface area contributed by atoms with Crippen molar-refractivity contribution in [2.24, 2.45) is 0 Å². The molecule has 7 rings (SSSR count). The molecule has 6 heterocycles. The van der Waals surface area contributed by atoms with Gasteiger partial charge in [-0.1, -0.05) is 24.6 Å². The lowest BCUT2D eigenvalue weighted by Crippen LogP contribution is -2.29. The van der Waals surface area contributed by atoms with Crippen molar-refractivity contribution in [2.45, 2.75) is 25.8 Å². The molecule has 0 radical (unpaired) electrons. The number of aromatic amines is 2. The maximum atomic E-state index is 4.94. The lowest BCUT2D eigenvalue weighted by molar-refractivity contribution is 0.220. The highest BCUT2D eigenvalue weighted by atomic mass is 15.2. The zero-order valence-corrected chi connectivity index (χ0v) is 20.4. The van der Waals surface area contributed by atoms with Crippen molar-refractivity contribution < 1.29 is 0 Å². The molecule has 1 aliphatic rings. The molecule has 0 amide bonds. The van der Waals surface area contributed by atoms with E-state index >= 15 is 0 Å². The fraction of sp³-hybridized carbons (Fsp3) is 0.207. The van der Waals surface area contributed by atoms with E-state index in [0.717, 1.165) is 69.8 Å². The first kappa shape index (κ1) is 21.8. The molecule has 5 aromatic heterocycles. The van der Waals surface area contributed by atoms with Crippen LogP contribution in [0.3, 0.4) is 0 Å². The van der Waals surface area contributed by atoms with Crippen molar-refractivity contribution in [3.05, 3.63) is 78.9 Å². The average molecular weight is 487 g/mol. The maximum Gasteiger partial charge on any atom is 0.159 e. The summed E-state index contributed by atoms with van der Waals surface area (Å²) in [7, 11) is 0. The first-order chi connectivity index (χ1) is 18.3. The van der Waals surface area contributed by atoms with E-state index in [1.165, 1.54) is 24.8 Å². The summed E-state index contributed by atoms with van der Waals surface area (Å²) in [5.41, 5.74) is 8.43. The Morgan fingerprint density at radius 2 is 1.78 bits per heavy atom. The minimum Gasteiger partial charge on any atom is -0.337 e. The van der Waals surface area contributed by atoms with Gasteiger partial charge in [-0.3, -0.25) is 20.0 Å². The number of imidazole rings is 1. The van der Waals surface area contributed by atoms with Gasteiger partial charge < -0.3 is 4.98 Å². The van der Waals surface area contributed by atoms with Crippen LogP contribution < -0.4 is 0 Å². The van der Waals surface area contributed by atoms with Gasteiger partial charge in [0.05, 0.1) is 22.1 Å². The standard InChI is InChI=1S/C29H26N8/c1-4-11-37(12-5-1)18-19-13-20(16-30-15-19)21-14-23-27(35-36-28(23)32-17-21)29-33-25-9-6-7-22(26(25)34-29)24-8-2-3-10-31-24/h2-3,6-10,13-17H,1,4-5,11-12,18H2,(H,33,34)(H,32,35,36). The van der Waals surface area contributed by atoms with Crippen LogP contribution in [0.1, 0.15) is 24.8 Å². The van der Waals surface area contributed by atoms with Crippen LogP contribution in [0, 0.1) is 0 Å². The molecule has 1 saturated heterocycles. The van der Waals surface area contributed by atoms with Gasteiger partial charge in [-0.15, -0.1) is 0 Å². The van der Waals surface area contributed by atoms with E-state index in [0.29, 0.717) is 5.82 Å². The number of hydrogen-bond acceptors (Lipinski definition) is 6. The van der Waals surface area contributed by atoms with E-state index in [4.69, 9.17) is 4.98 Å². The second-order valence-corrected chi connectivity index (χ2v) is 9.61. The monoisotopic (exact) mass is 486 g/mol. The van der Waals surface area contributed by atoms with Crippen molar-refractivity contribution in [1.29, 1.82) is 0 Å². The van der Waals surface area contributed by atoms with Crippen LogP contribution in [0.4, 0.5) is 0 Å². The van der Waals surface area contributed by atoms with E-state index in [1.807, 2.05) is 55.0 Å². The van der Waals surface area contributed by atoms with Crippen LogP contribution in [-0.4, -0.2) is 53.1 Å². The smallest absolute Gasteiger partial charge is 0.159 e. The number of rotatable bonds is 5. The van der Waals surface area contributed by atoms with Gasteiger partial charge in [-0.25, -0.2) is 9.97 Å². The first-order valence-corrected chi connectivity index (χ1v) is 12.7. The number of H-pyrrole nitrogens is 2. The third-order valence-corrected chi connectivity index (χ3v) is 7.08. The summed E-state index contributed by atoms with van der Waals surface area (Å²) in [6.45, 7) is 3.26. The zero-order valence-electron chi connectivity index (χ0n) is 20.4. The van der Waals surface area contributed by atoms with Gasteiger partial charge in [-0.05, 0) is 61.8 Å². The van der Waals surface area contributed by atoms with Crippen LogP contribution >= 0.6 is 0 Å². The van der Waals surface area contributed by atoms with Crippen LogP contribution in [0.15, 0.2) is 73.3 Å². The Labute approximate surface area is 213 Å². The summed E-state index contributed by atoms with van der Waals surface area (Å²) >= 11 is 0. The highest BCUT2D eigenvalue weighted by molar-refractivity contribution is 5.96. The molecule has 0 bridgehead atoms. The topological polar surface area (TPSA) is 99.3 Å². The molecule has 0 saturated carbocycles. The highest BCUT2D eigenvalue weighted by Crippen LogP contribution is 2.32. The number of piperidine rings is 1. The molecule has 182 valence electrons. The van der Waals surface area contributed by atoms with Crippen LogP contribution in [0.5, 0.6) is 0 Å². The predicted octanol–water partition coefficient (Wildman–Crippen LogP) is 5.61. The normalized spacial score (nSPS) is 14.5. The van der Waals surface area contributed by atoms with Crippen molar-refractivity contribution >= 4 is 22.1 Å². The molecular formula is C29H26N8. The molecule has 1 aliphatic heterocycles. The van der Waals surface area contributed by atoms with E-state index in [9.17, 15) is 0 Å². The molecule has 0 atom stereocenters. The molecule has 8 nitrogen and oxygen atoms in total. The minimum atomic E-state index is 0.695. The van der Waals surface area contributed by atoms with E-state index in [2.05, 4.69) is 47.2 Å². The fourth-order valence-electron chi connectivity index (χ4n) is 5.22. The van der Waals surface area contributed by atoms with E-state index in [-0.39, 0.29) is 0 Å². The molecule has 0 aliphatic carbocycles. The van der Waals surface area contributed by atoms with Gasteiger partial charge >= 0.3 is 0 Å². The van der Waals surface area contributed by atoms with Gasteiger partial charge in [-0.2, -0.15) is 5.10 Å². The quantitative estimate of drug-likeness (QED) is 0.329. The Balaban J connectivity index is 1.26. The molecule has 2 N–H and O–H groups in total. The van der Waals surface area contributed by atoms with Gasteiger partial charge in [0, 0.05) is 48.0 Å². The first-order valence-electron chi connectivity index (χ1n) is 12.7. The SMILES string of the molecule is c1ccc(-c2cccc3[nH]c(-c4n[nH]c5ncc(-c6cncc(CN7CCCCC7)c6)cc45)nc23)nc1. The second kappa shape index (κ2) is 9.22. The van der Waals surface area contributed by atoms with Crippen molar-refractivity contribution in [3.8, 4) is 33.9 Å². The van der Waals surface area contributed by atoms with Crippen LogP contribution in [0.25, 0.3) is 56.0 Å². The lowest BCUT2D eigenvalue weighted by atomic mass is 10.1. The lowest BCUT2D eigenvalue weighted by Gasteiger charge is -2.26. The largest absolute Gasteiger partial charge is 0.337 e. The van der Waals surface area contributed by atoms with Crippen molar-refractivity contribution in [2.75, 3.05) is 13.1 Å². The molecule has 37 heavy (non-hydrogen) atoms. The molecule has 6 aromatic rings. The van der Waals surface area contributed by atoms with Crippen LogP contribution in [0.2, 0.25) is 0 Å². The molecule has 1 aromatic carbocycles. The molecule has 1 fully saturated rings. The summed E-state index contributed by atoms with van der Waals surface area (Å²) in [6.07, 6.45) is 11.5. The average Bonchev–Trinajstić information content (AvgIpc) is 3.58. The zero-order chi connectivity index (χ0) is 24.6. The molecule has 0 unspecified atom stereocenters. The van der Waals surface area contributed by atoms with E-state index < -0.39 is 0 Å². The number of nitrogens with zero attached hydrogens (tertiary/aromatic N) is 6. The maximum absolute atomic E-state index is 4.94. The summed E-state index contributed by atoms with van der Waals surface area (Å²) < 4.78 is 0. The van der Waals surface area contributed by atoms with Crippen molar-refractivity contribution in [1.82, 2.24) is 40.0 Å². The Kier molecular flexibility index (Phi) is 5.44. The summed E-state index contributed by atoms with van der Waals surface area (Å²) in [6, 6.07) is 16.3. The summed E-state index contributed by atoms with van der Waals surface area (Å²) in [5, 5.41) is 8.55. The number of para-hydroxylation sites is 1. The Bertz CT molecular complexity index is 1700. The number of aromatic nitrogens is 7. The van der Waals surface area contributed by atoms with E-state index in [1.54, 1.807) is 6.20 Å². The van der Waals surface area contributed by atoms with Gasteiger partial charge in [0.25, 0.3) is 0 Å². The summed E-state index contributed by atoms with van der Waals surface area (Å²) in [5.74, 6) is 0.695. The number of pyridine rings is 3. The summed E-state index contributed by atoms with van der Waals surface area (Å²) in [4.78, 5) is 24.6. The Morgan fingerprint density at radius 3 is 2.68 bits per heavy atom. The number of fused-ring (bicyclic) bond motifs is 2. The van der Waals surface area contributed by atoms with Gasteiger partial charge in [0.1, 0.15) is 5.69 Å². The number of likely N-dealkylation sites (tertiary alicyclic amines) is 1.